The quantitative estimate of drug-likeness (QED) is 0.281. The molecule has 2 heterocycles. The fourth-order valence-electron chi connectivity index (χ4n) is 4.87. The lowest BCUT2D eigenvalue weighted by atomic mass is 9.95. The first-order valence-corrected chi connectivity index (χ1v) is 13.4. The van der Waals surface area contributed by atoms with E-state index in [4.69, 9.17) is 14.2 Å². The van der Waals surface area contributed by atoms with Gasteiger partial charge in [0.05, 0.1) is 37.0 Å². The Bertz CT molecular complexity index is 1130. The first-order chi connectivity index (χ1) is 18.2. The van der Waals surface area contributed by atoms with E-state index in [2.05, 4.69) is 4.90 Å². The van der Waals surface area contributed by atoms with Gasteiger partial charge in [0.25, 0.3) is 11.7 Å². The summed E-state index contributed by atoms with van der Waals surface area (Å²) in [6.45, 7) is 12.1. The summed E-state index contributed by atoms with van der Waals surface area (Å²) in [5.41, 5.74) is 1.29. The number of hydrogen-bond acceptors (Lipinski definition) is 7. The Balaban J connectivity index is 1.65. The molecule has 38 heavy (non-hydrogen) atoms. The van der Waals surface area contributed by atoms with Gasteiger partial charge >= 0.3 is 0 Å². The molecule has 2 aliphatic rings. The van der Waals surface area contributed by atoms with E-state index in [0.29, 0.717) is 43.2 Å². The van der Waals surface area contributed by atoms with Gasteiger partial charge in [0, 0.05) is 31.7 Å². The topological polar surface area (TPSA) is 88.5 Å². The van der Waals surface area contributed by atoms with Gasteiger partial charge in [0.2, 0.25) is 0 Å². The standard InChI is InChI=1S/C30H38N2O6/c1-20(2)37-24-10-6-22(7-11-24)27-26(28(33)23-8-12-25(13-9-23)38-21(3)4)29(34)30(35)32(27)15-5-14-31-16-18-36-19-17-31/h6-13,20-21,27,33H,5,14-19H2,1-4H3/b28-26+/t27-/m1/s1. The molecule has 204 valence electrons. The number of rotatable bonds is 10. The molecule has 4 rings (SSSR count). The molecule has 8 nitrogen and oxygen atoms in total. The van der Waals surface area contributed by atoms with E-state index in [9.17, 15) is 14.7 Å². The molecule has 1 N–H and O–H groups in total. The molecule has 0 aromatic heterocycles. The van der Waals surface area contributed by atoms with Crippen molar-refractivity contribution in [3.05, 3.63) is 65.2 Å². The van der Waals surface area contributed by atoms with Crippen molar-refractivity contribution in [3.63, 3.8) is 0 Å². The summed E-state index contributed by atoms with van der Waals surface area (Å²) in [5.74, 6) is -0.0986. The van der Waals surface area contributed by atoms with Crippen molar-refractivity contribution in [1.82, 2.24) is 9.80 Å². The Hall–Kier alpha value is -3.36. The van der Waals surface area contributed by atoms with Gasteiger partial charge in [0.1, 0.15) is 17.3 Å². The Kier molecular flexibility index (Phi) is 9.07. The van der Waals surface area contributed by atoms with Crippen molar-refractivity contribution in [2.45, 2.75) is 52.4 Å². The molecule has 2 aromatic carbocycles. The summed E-state index contributed by atoms with van der Waals surface area (Å²) in [4.78, 5) is 30.5. The van der Waals surface area contributed by atoms with Crippen LogP contribution in [0.5, 0.6) is 11.5 Å². The zero-order valence-corrected chi connectivity index (χ0v) is 22.7. The summed E-state index contributed by atoms with van der Waals surface area (Å²) >= 11 is 0. The predicted octanol–water partition coefficient (Wildman–Crippen LogP) is 4.41. The minimum absolute atomic E-state index is 0.0138. The van der Waals surface area contributed by atoms with Crippen LogP contribution >= 0.6 is 0 Å². The van der Waals surface area contributed by atoms with Crippen LogP contribution in [0.1, 0.15) is 51.3 Å². The van der Waals surface area contributed by atoms with Crippen molar-refractivity contribution in [3.8, 4) is 11.5 Å². The smallest absolute Gasteiger partial charge is 0.295 e. The average molecular weight is 523 g/mol. The second-order valence-electron chi connectivity index (χ2n) is 10.2. The average Bonchev–Trinajstić information content (AvgIpc) is 3.14. The molecule has 0 radical (unpaired) electrons. The van der Waals surface area contributed by atoms with Crippen LogP contribution in [0.3, 0.4) is 0 Å². The monoisotopic (exact) mass is 522 g/mol. The Labute approximate surface area is 224 Å². The van der Waals surface area contributed by atoms with Gasteiger partial charge in [-0.15, -0.1) is 0 Å². The molecule has 1 amide bonds. The van der Waals surface area contributed by atoms with Crippen LogP contribution in [0.25, 0.3) is 5.76 Å². The molecule has 2 aromatic rings. The molecule has 0 spiro atoms. The van der Waals surface area contributed by atoms with Crippen LogP contribution in [-0.2, 0) is 14.3 Å². The van der Waals surface area contributed by atoms with Crippen LogP contribution in [0.4, 0.5) is 0 Å². The van der Waals surface area contributed by atoms with Crippen molar-refractivity contribution in [2.75, 3.05) is 39.4 Å². The third-order valence-electron chi connectivity index (χ3n) is 6.58. The maximum Gasteiger partial charge on any atom is 0.295 e. The molecule has 2 saturated heterocycles. The zero-order chi connectivity index (χ0) is 27.2. The molecule has 0 saturated carbocycles. The Morgan fingerprint density at radius 1 is 0.895 bits per heavy atom. The van der Waals surface area contributed by atoms with E-state index in [1.54, 1.807) is 29.2 Å². The number of morpholine rings is 1. The van der Waals surface area contributed by atoms with E-state index >= 15 is 0 Å². The van der Waals surface area contributed by atoms with Gasteiger partial charge in [0.15, 0.2) is 0 Å². The molecule has 2 aliphatic heterocycles. The SMILES string of the molecule is CC(C)Oc1ccc(/C(O)=C2\C(=O)C(=O)N(CCCN3CCOCC3)[C@@H]2c2ccc(OC(C)C)cc2)cc1. The highest BCUT2D eigenvalue weighted by Crippen LogP contribution is 2.40. The molecule has 0 bridgehead atoms. The van der Waals surface area contributed by atoms with Gasteiger partial charge in [-0.1, -0.05) is 12.1 Å². The van der Waals surface area contributed by atoms with E-state index in [1.165, 1.54) is 0 Å². The lowest BCUT2D eigenvalue weighted by Gasteiger charge is -2.29. The number of ether oxygens (including phenoxy) is 3. The van der Waals surface area contributed by atoms with Gasteiger partial charge in [-0.05, 0) is 76.1 Å². The molecule has 1 atom stereocenters. The normalized spacial score (nSPS) is 19.9. The highest BCUT2D eigenvalue weighted by atomic mass is 16.5. The zero-order valence-electron chi connectivity index (χ0n) is 22.7. The minimum Gasteiger partial charge on any atom is -0.507 e. The van der Waals surface area contributed by atoms with Crippen molar-refractivity contribution >= 4 is 17.4 Å². The van der Waals surface area contributed by atoms with Gasteiger partial charge < -0.3 is 24.2 Å². The summed E-state index contributed by atoms with van der Waals surface area (Å²) in [5, 5.41) is 11.3. The first-order valence-electron chi connectivity index (χ1n) is 13.4. The number of likely N-dealkylation sites (tertiary alicyclic amines) is 1. The van der Waals surface area contributed by atoms with Gasteiger partial charge in [-0.25, -0.2) is 0 Å². The molecule has 0 unspecified atom stereocenters. The number of aliphatic hydroxyl groups is 1. The minimum atomic E-state index is -0.695. The third kappa shape index (κ3) is 6.55. The molecular formula is C30H38N2O6. The second-order valence-corrected chi connectivity index (χ2v) is 10.2. The summed E-state index contributed by atoms with van der Waals surface area (Å²) in [7, 11) is 0. The number of aliphatic hydroxyl groups excluding tert-OH is 1. The number of hydrogen-bond donors (Lipinski definition) is 1. The van der Waals surface area contributed by atoms with Crippen LogP contribution in [0.2, 0.25) is 0 Å². The van der Waals surface area contributed by atoms with Gasteiger partial charge in [-0.2, -0.15) is 0 Å². The van der Waals surface area contributed by atoms with Crippen molar-refractivity contribution in [2.24, 2.45) is 0 Å². The van der Waals surface area contributed by atoms with E-state index in [1.807, 2.05) is 52.0 Å². The van der Waals surface area contributed by atoms with Crippen LogP contribution in [0, 0.1) is 0 Å². The predicted molar refractivity (Wildman–Crippen MR) is 145 cm³/mol. The van der Waals surface area contributed by atoms with E-state index in [-0.39, 0.29) is 23.5 Å². The van der Waals surface area contributed by atoms with Gasteiger partial charge in [-0.3, -0.25) is 14.5 Å². The van der Waals surface area contributed by atoms with Crippen LogP contribution < -0.4 is 9.47 Å². The number of Topliss-reactive ketones (excluding diaryl/α,β-unsaturated/α-hetero) is 1. The van der Waals surface area contributed by atoms with E-state index in [0.717, 1.165) is 25.2 Å². The van der Waals surface area contributed by atoms with Crippen molar-refractivity contribution in [1.29, 1.82) is 0 Å². The highest BCUT2D eigenvalue weighted by molar-refractivity contribution is 6.46. The van der Waals surface area contributed by atoms with E-state index < -0.39 is 17.7 Å². The number of carbonyl (C=O) groups is 2. The van der Waals surface area contributed by atoms with Crippen LogP contribution in [-0.4, -0.2) is 78.2 Å². The number of benzene rings is 2. The lowest BCUT2D eigenvalue weighted by Crippen LogP contribution is -2.38. The maximum absolute atomic E-state index is 13.3. The fraction of sp³-hybridized carbons (Fsp3) is 0.467. The number of nitrogens with zero attached hydrogens (tertiary/aromatic N) is 2. The largest absolute Gasteiger partial charge is 0.507 e. The number of carbonyl (C=O) groups excluding carboxylic acids is 2. The van der Waals surface area contributed by atoms with Crippen molar-refractivity contribution < 1.29 is 28.9 Å². The molecule has 2 fully saturated rings. The summed E-state index contributed by atoms with van der Waals surface area (Å²) < 4.78 is 16.9. The summed E-state index contributed by atoms with van der Waals surface area (Å²) in [6, 6.07) is 13.6. The lowest BCUT2D eigenvalue weighted by molar-refractivity contribution is -0.140. The fourth-order valence-corrected chi connectivity index (χ4v) is 4.87. The third-order valence-corrected chi connectivity index (χ3v) is 6.58. The Morgan fingerprint density at radius 3 is 2.00 bits per heavy atom. The Morgan fingerprint density at radius 2 is 1.45 bits per heavy atom. The molecule has 0 aliphatic carbocycles. The number of amides is 1. The number of ketones is 1. The molecular weight excluding hydrogens is 484 g/mol. The molecule has 8 heteroatoms. The first kappa shape index (κ1) is 27.7. The van der Waals surface area contributed by atoms with Crippen LogP contribution in [0.15, 0.2) is 54.1 Å². The second kappa shape index (κ2) is 12.5. The highest BCUT2D eigenvalue weighted by Gasteiger charge is 2.45. The maximum atomic E-state index is 13.3. The summed E-state index contributed by atoms with van der Waals surface area (Å²) in [6.07, 6.45) is 0.744.